The number of hydrogen-bond donors (Lipinski definition) is 0. The van der Waals surface area contributed by atoms with Crippen molar-refractivity contribution in [2.45, 2.75) is 0 Å². The molecule has 19 heavy (non-hydrogen) atoms. The predicted octanol–water partition coefficient (Wildman–Crippen LogP) is 1.75. The number of fused-ring (bicyclic) bond motifs is 1. The lowest BCUT2D eigenvalue weighted by Crippen LogP contribution is -2.29. The van der Waals surface area contributed by atoms with E-state index in [2.05, 4.69) is 4.98 Å². The van der Waals surface area contributed by atoms with Crippen LogP contribution in [0.2, 0.25) is 0 Å². The van der Waals surface area contributed by atoms with Crippen molar-refractivity contribution in [3.05, 3.63) is 59.4 Å². The molecule has 5 heteroatoms. The summed E-state index contributed by atoms with van der Waals surface area (Å²) in [5, 5.41) is 8.73. The number of hydrogen-bond acceptors (Lipinski definition) is 4. The smallest absolute Gasteiger partial charge is 0.267 e. The summed E-state index contributed by atoms with van der Waals surface area (Å²) in [5.74, 6) is -0.759. The van der Waals surface area contributed by atoms with E-state index in [1.165, 1.54) is 18.5 Å². The maximum atomic E-state index is 12.2. The van der Waals surface area contributed by atoms with Crippen LogP contribution in [0.15, 0.2) is 42.7 Å². The number of benzene rings is 1. The number of rotatable bonds is 1. The third kappa shape index (κ3) is 1.58. The van der Waals surface area contributed by atoms with Crippen LogP contribution < -0.4 is 4.90 Å². The number of carbonyl (C=O) groups is 2. The van der Waals surface area contributed by atoms with Crippen molar-refractivity contribution in [2.75, 3.05) is 4.90 Å². The number of aromatic nitrogens is 1. The molecular formula is C14H7N3O2. The van der Waals surface area contributed by atoms with Gasteiger partial charge in [-0.2, -0.15) is 5.26 Å². The van der Waals surface area contributed by atoms with Crippen molar-refractivity contribution in [2.24, 2.45) is 0 Å². The minimum atomic E-state index is -0.391. The first-order valence-corrected chi connectivity index (χ1v) is 5.55. The quantitative estimate of drug-likeness (QED) is 0.721. The summed E-state index contributed by atoms with van der Waals surface area (Å²) >= 11 is 0. The average Bonchev–Trinajstić information content (AvgIpc) is 2.72. The molecule has 0 bridgehead atoms. The standard InChI is InChI=1S/C14H7N3O2/c15-7-9-1-3-10(4-2-9)17-13(18)11-5-6-16-8-12(11)14(17)19/h1-6,8H. The molecule has 2 heterocycles. The normalized spacial score (nSPS) is 13.3. The third-order valence-corrected chi connectivity index (χ3v) is 2.94. The SMILES string of the molecule is N#Cc1ccc(N2C(=O)c3ccncc3C2=O)cc1. The molecule has 3 rings (SSSR count). The Balaban J connectivity index is 2.06. The zero-order chi connectivity index (χ0) is 13.4. The summed E-state index contributed by atoms with van der Waals surface area (Å²) in [7, 11) is 0. The first-order chi connectivity index (χ1) is 9.22. The topological polar surface area (TPSA) is 74.1 Å². The van der Waals surface area contributed by atoms with Gasteiger partial charge in [0.2, 0.25) is 0 Å². The van der Waals surface area contributed by atoms with Gasteiger partial charge in [0.05, 0.1) is 28.4 Å². The minimum Gasteiger partial charge on any atom is -0.268 e. The third-order valence-electron chi connectivity index (χ3n) is 2.94. The van der Waals surface area contributed by atoms with Crippen LogP contribution in [0.3, 0.4) is 0 Å². The number of anilines is 1. The Morgan fingerprint density at radius 3 is 2.32 bits per heavy atom. The molecule has 1 aliphatic rings. The molecule has 0 unspecified atom stereocenters. The van der Waals surface area contributed by atoms with Crippen LogP contribution in [-0.4, -0.2) is 16.8 Å². The summed E-state index contributed by atoms with van der Waals surface area (Å²) in [4.78, 5) is 29.3. The second kappa shape index (κ2) is 4.03. The molecule has 1 aromatic heterocycles. The Morgan fingerprint density at radius 2 is 1.68 bits per heavy atom. The van der Waals surface area contributed by atoms with Crippen molar-refractivity contribution in [3.8, 4) is 6.07 Å². The van der Waals surface area contributed by atoms with Gasteiger partial charge < -0.3 is 0 Å². The Bertz CT molecular complexity index is 694. The second-order valence-electron chi connectivity index (χ2n) is 4.03. The maximum Gasteiger partial charge on any atom is 0.267 e. The van der Waals surface area contributed by atoms with Crippen LogP contribution in [0.25, 0.3) is 0 Å². The predicted molar refractivity (Wildman–Crippen MR) is 66.5 cm³/mol. The van der Waals surface area contributed by atoms with Crippen LogP contribution in [0.5, 0.6) is 0 Å². The Morgan fingerprint density at radius 1 is 1.00 bits per heavy atom. The molecule has 0 radical (unpaired) electrons. The molecule has 0 atom stereocenters. The van der Waals surface area contributed by atoms with E-state index < -0.39 is 5.91 Å². The summed E-state index contributed by atoms with van der Waals surface area (Å²) in [5.41, 5.74) is 1.58. The minimum absolute atomic E-state index is 0.303. The zero-order valence-corrected chi connectivity index (χ0v) is 9.70. The first-order valence-electron chi connectivity index (χ1n) is 5.55. The number of nitriles is 1. The molecule has 90 valence electrons. The number of amides is 2. The lowest BCUT2D eigenvalue weighted by molar-refractivity contribution is 0.0926. The highest BCUT2D eigenvalue weighted by molar-refractivity contribution is 6.34. The van der Waals surface area contributed by atoms with E-state index in [1.54, 1.807) is 24.3 Å². The molecule has 2 amide bonds. The monoisotopic (exact) mass is 249 g/mol. The van der Waals surface area contributed by atoms with Crippen molar-refractivity contribution >= 4 is 17.5 Å². The lowest BCUT2D eigenvalue weighted by atomic mass is 10.2. The van der Waals surface area contributed by atoms with Gasteiger partial charge in [0.1, 0.15) is 0 Å². The van der Waals surface area contributed by atoms with Crippen LogP contribution in [0, 0.1) is 11.3 Å². The largest absolute Gasteiger partial charge is 0.268 e. The van der Waals surface area contributed by atoms with Gasteiger partial charge in [-0.1, -0.05) is 0 Å². The Labute approximate surface area is 108 Å². The molecule has 1 aliphatic heterocycles. The zero-order valence-electron chi connectivity index (χ0n) is 9.70. The highest BCUT2D eigenvalue weighted by Crippen LogP contribution is 2.27. The van der Waals surface area contributed by atoms with E-state index in [-0.39, 0.29) is 5.91 Å². The van der Waals surface area contributed by atoms with E-state index in [9.17, 15) is 9.59 Å². The lowest BCUT2D eigenvalue weighted by Gasteiger charge is -2.13. The van der Waals surface area contributed by atoms with E-state index in [4.69, 9.17) is 5.26 Å². The van der Waals surface area contributed by atoms with Gasteiger partial charge in [0.25, 0.3) is 11.8 Å². The van der Waals surface area contributed by atoms with Crippen LogP contribution in [-0.2, 0) is 0 Å². The highest BCUT2D eigenvalue weighted by Gasteiger charge is 2.36. The molecule has 5 nitrogen and oxygen atoms in total. The maximum absolute atomic E-state index is 12.2. The number of carbonyl (C=O) groups excluding carboxylic acids is 2. The van der Waals surface area contributed by atoms with Gasteiger partial charge in [0.15, 0.2) is 0 Å². The van der Waals surface area contributed by atoms with Crippen molar-refractivity contribution in [1.82, 2.24) is 4.98 Å². The summed E-state index contributed by atoms with van der Waals surface area (Å²) in [6, 6.07) is 9.80. The van der Waals surface area contributed by atoms with Crippen LogP contribution >= 0.6 is 0 Å². The molecule has 1 aromatic carbocycles. The Kier molecular flexibility index (Phi) is 2.36. The number of pyridine rings is 1. The first kappa shape index (κ1) is 11.1. The van der Waals surface area contributed by atoms with Crippen molar-refractivity contribution in [3.63, 3.8) is 0 Å². The average molecular weight is 249 g/mol. The fourth-order valence-electron chi connectivity index (χ4n) is 2.00. The molecule has 0 aliphatic carbocycles. The summed E-state index contributed by atoms with van der Waals surface area (Å²) in [6.07, 6.45) is 2.87. The van der Waals surface area contributed by atoms with E-state index in [0.717, 1.165) is 4.90 Å². The van der Waals surface area contributed by atoms with E-state index in [1.807, 2.05) is 6.07 Å². The van der Waals surface area contributed by atoms with E-state index >= 15 is 0 Å². The Hall–Kier alpha value is -3.00. The van der Waals surface area contributed by atoms with Gasteiger partial charge in [0, 0.05) is 12.4 Å². The van der Waals surface area contributed by atoms with Gasteiger partial charge in [-0.15, -0.1) is 0 Å². The molecule has 0 spiro atoms. The molecule has 0 N–H and O–H groups in total. The molecular weight excluding hydrogens is 242 g/mol. The number of nitrogens with zero attached hydrogens (tertiary/aromatic N) is 3. The highest BCUT2D eigenvalue weighted by atomic mass is 16.2. The molecule has 0 saturated carbocycles. The van der Waals surface area contributed by atoms with Crippen molar-refractivity contribution < 1.29 is 9.59 Å². The van der Waals surface area contributed by atoms with Crippen LogP contribution in [0.1, 0.15) is 26.3 Å². The van der Waals surface area contributed by atoms with Crippen molar-refractivity contribution in [1.29, 1.82) is 5.26 Å². The fraction of sp³-hybridized carbons (Fsp3) is 0. The fourth-order valence-corrected chi connectivity index (χ4v) is 2.00. The molecule has 0 saturated heterocycles. The second-order valence-corrected chi connectivity index (χ2v) is 4.03. The van der Waals surface area contributed by atoms with Gasteiger partial charge >= 0.3 is 0 Å². The van der Waals surface area contributed by atoms with Gasteiger partial charge in [-0.05, 0) is 30.3 Å². The summed E-state index contributed by atoms with van der Waals surface area (Å²) < 4.78 is 0. The molecule has 0 fully saturated rings. The van der Waals surface area contributed by atoms with E-state index in [0.29, 0.717) is 22.4 Å². The molecule has 2 aromatic rings. The van der Waals surface area contributed by atoms with Gasteiger partial charge in [-0.25, -0.2) is 4.90 Å². The summed E-state index contributed by atoms with van der Waals surface area (Å²) in [6.45, 7) is 0. The van der Waals surface area contributed by atoms with Gasteiger partial charge in [-0.3, -0.25) is 14.6 Å². The van der Waals surface area contributed by atoms with Crippen LogP contribution in [0.4, 0.5) is 5.69 Å². The number of imide groups is 1.